The van der Waals surface area contributed by atoms with Gasteiger partial charge in [-0.3, -0.25) is 4.79 Å². The number of methoxy groups -OCH3 is 2. The number of ether oxygens (including phenoxy) is 4. The van der Waals surface area contributed by atoms with Crippen molar-refractivity contribution in [1.82, 2.24) is 15.5 Å². The zero-order valence-corrected chi connectivity index (χ0v) is 17.8. The van der Waals surface area contributed by atoms with E-state index in [1.54, 1.807) is 31.4 Å². The molecule has 3 rings (SSSR count). The van der Waals surface area contributed by atoms with Crippen molar-refractivity contribution < 1.29 is 23.7 Å². The maximum atomic E-state index is 12.3. The average Bonchev–Trinajstić information content (AvgIpc) is 2.82. The first-order chi connectivity index (χ1) is 15.1. The van der Waals surface area contributed by atoms with E-state index >= 15 is 0 Å². The molecule has 1 amide bonds. The molecule has 0 bridgehead atoms. The fourth-order valence-corrected chi connectivity index (χ4v) is 2.84. The van der Waals surface area contributed by atoms with Crippen LogP contribution in [0.25, 0.3) is 11.3 Å². The molecule has 0 fully saturated rings. The zero-order valence-electron chi connectivity index (χ0n) is 17.8. The second kappa shape index (κ2) is 10.8. The fourth-order valence-electron chi connectivity index (χ4n) is 2.84. The van der Waals surface area contributed by atoms with Crippen molar-refractivity contribution in [2.24, 2.45) is 0 Å². The third-order valence-electron chi connectivity index (χ3n) is 4.38. The Balaban J connectivity index is 1.48. The van der Waals surface area contributed by atoms with Gasteiger partial charge in [0.25, 0.3) is 5.91 Å². The van der Waals surface area contributed by atoms with E-state index in [4.69, 9.17) is 18.9 Å². The van der Waals surface area contributed by atoms with Crippen LogP contribution in [-0.4, -0.2) is 50.1 Å². The molecule has 31 heavy (non-hydrogen) atoms. The minimum Gasteiger partial charge on any atom is -0.494 e. The Morgan fingerprint density at radius 3 is 2.32 bits per heavy atom. The van der Waals surface area contributed by atoms with Gasteiger partial charge in [0.15, 0.2) is 11.5 Å². The van der Waals surface area contributed by atoms with Crippen LogP contribution in [0.5, 0.6) is 23.1 Å². The topological polar surface area (TPSA) is 91.8 Å². The second-order valence-corrected chi connectivity index (χ2v) is 6.39. The number of benzene rings is 2. The van der Waals surface area contributed by atoms with Crippen molar-refractivity contribution in [1.29, 1.82) is 0 Å². The van der Waals surface area contributed by atoms with E-state index in [0.29, 0.717) is 36.1 Å². The molecule has 162 valence electrons. The highest BCUT2D eigenvalue weighted by Crippen LogP contribution is 2.27. The van der Waals surface area contributed by atoms with E-state index in [0.717, 1.165) is 17.0 Å². The minimum atomic E-state index is -0.235. The minimum absolute atomic E-state index is 0.235. The first-order valence-corrected chi connectivity index (χ1v) is 9.84. The number of nitrogens with zero attached hydrogens (tertiary/aromatic N) is 2. The second-order valence-electron chi connectivity index (χ2n) is 6.39. The van der Waals surface area contributed by atoms with E-state index in [9.17, 15) is 4.79 Å². The highest BCUT2D eigenvalue weighted by Gasteiger charge is 2.10. The first kappa shape index (κ1) is 21.9. The van der Waals surface area contributed by atoms with Gasteiger partial charge in [0.2, 0.25) is 5.88 Å². The molecule has 0 radical (unpaired) electrons. The summed E-state index contributed by atoms with van der Waals surface area (Å²) >= 11 is 0. The van der Waals surface area contributed by atoms with Crippen LogP contribution in [-0.2, 0) is 0 Å². The summed E-state index contributed by atoms with van der Waals surface area (Å²) in [5.41, 5.74) is 2.14. The molecule has 0 aliphatic carbocycles. The molecule has 1 aromatic heterocycles. The number of aromatic nitrogens is 2. The summed E-state index contributed by atoms with van der Waals surface area (Å²) in [6, 6.07) is 16.2. The predicted molar refractivity (Wildman–Crippen MR) is 116 cm³/mol. The molecule has 8 heteroatoms. The molecule has 1 heterocycles. The molecular weight excluding hydrogens is 398 g/mol. The van der Waals surface area contributed by atoms with E-state index < -0.39 is 0 Å². The molecule has 0 unspecified atom stereocenters. The first-order valence-electron chi connectivity index (χ1n) is 9.84. The third-order valence-corrected chi connectivity index (χ3v) is 4.38. The van der Waals surface area contributed by atoms with Gasteiger partial charge in [0.05, 0.1) is 33.1 Å². The quantitative estimate of drug-likeness (QED) is 0.500. The number of hydrogen-bond acceptors (Lipinski definition) is 7. The lowest BCUT2D eigenvalue weighted by Crippen LogP contribution is -2.28. The molecule has 3 aromatic rings. The van der Waals surface area contributed by atoms with Crippen LogP contribution < -0.4 is 24.3 Å². The third kappa shape index (κ3) is 5.85. The maximum absolute atomic E-state index is 12.3. The molecule has 0 aliphatic rings. The van der Waals surface area contributed by atoms with Crippen LogP contribution in [0.4, 0.5) is 0 Å². The lowest BCUT2D eigenvalue weighted by atomic mass is 10.1. The predicted octanol–water partition coefficient (Wildman–Crippen LogP) is 3.37. The molecule has 8 nitrogen and oxygen atoms in total. The Labute approximate surface area is 181 Å². The normalized spacial score (nSPS) is 10.3. The van der Waals surface area contributed by atoms with Gasteiger partial charge in [0, 0.05) is 17.2 Å². The summed E-state index contributed by atoms with van der Waals surface area (Å²) in [5, 5.41) is 11.1. The number of hydrogen-bond donors (Lipinski definition) is 1. The number of rotatable bonds is 10. The molecule has 0 saturated carbocycles. The van der Waals surface area contributed by atoms with Crippen molar-refractivity contribution in [2.75, 3.05) is 34.0 Å². The van der Waals surface area contributed by atoms with Crippen LogP contribution in [0.15, 0.2) is 54.6 Å². The van der Waals surface area contributed by atoms with Gasteiger partial charge in [0.1, 0.15) is 12.4 Å². The smallest absolute Gasteiger partial charge is 0.251 e. The summed E-state index contributed by atoms with van der Waals surface area (Å²) in [5.74, 6) is 2.02. The Kier molecular flexibility index (Phi) is 7.64. The number of nitrogens with one attached hydrogen (secondary N) is 1. The Morgan fingerprint density at radius 2 is 1.68 bits per heavy atom. The molecule has 0 aliphatic heterocycles. The van der Waals surface area contributed by atoms with Crippen LogP contribution in [0.3, 0.4) is 0 Å². The SMILES string of the molecule is CCOc1ccc(-c2ccc(OCCNC(=O)c3ccc(OC)c(OC)c3)nn2)cc1. The van der Waals surface area contributed by atoms with Crippen molar-refractivity contribution in [2.45, 2.75) is 6.92 Å². The average molecular weight is 423 g/mol. The summed E-state index contributed by atoms with van der Waals surface area (Å²) in [6.45, 7) is 3.14. The van der Waals surface area contributed by atoms with Crippen molar-refractivity contribution in [3.05, 3.63) is 60.2 Å². The van der Waals surface area contributed by atoms with Crippen molar-refractivity contribution in [3.63, 3.8) is 0 Å². The van der Waals surface area contributed by atoms with Gasteiger partial charge in [-0.1, -0.05) is 0 Å². The van der Waals surface area contributed by atoms with Gasteiger partial charge in [-0.2, -0.15) is 0 Å². The van der Waals surface area contributed by atoms with E-state index in [2.05, 4.69) is 15.5 Å². The van der Waals surface area contributed by atoms with Gasteiger partial charge in [-0.05, 0) is 55.5 Å². The Bertz CT molecular complexity index is 991. The van der Waals surface area contributed by atoms with E-state index in [1.165, 1.54) is 7.11 Å². The maximum Gasteiger partial charge on any atom is 0.251 e. The van der Waals surface area contributed by atoms with Crippen LogP contribution in [0.1, 0.15) is 17.3 Å². The van der Waals surface area contributed by atoms with Crippen LogP contribution in [0, 0.1) is 0 Å². The fraction of sp³-hybridized carbons (Fsp3) is 0.261. The number of carbonyl (C=O) groups is 1. The summed E-state index contributed by atoms with van der Waals surface area (Å²) in [4.78, 5) is 12.3. The molecule has 0 atom stereocenters. The lowest BCUT2D eigenvalue weighted by Gasteiger charge is -2.10. The lowest BCUT2D eigenvalue weighted by molar-refractivity contribution is 0.0946. The number of amides is 1. The van der Waals surface area contributed by atoms with Gasteiger partial charge < -0.3 is 24.3 Å². The highest BCUT2D eigenvalue weighted by molar-refractivity contribution is 5.94. The molecule has 0 spiro atoms. The van der Waals surface area contributed by atoms with Crippen LogP contribution in [0.2, 0.25) is 0 Å². The summed E-state index contributed by atoms with van der Waals surface area (Å²) in [6.07, 6.45) is 0. The van der Waals surface area contributed by atoms with E-state index in [-0.39, 0.29) is 12.5 Å². The van der Waals surface area contributed by atoms with Gasteiger partial charge in [-0.25, -0.2) is 0 Å². The molecule has 2 aromatic carbocycles. The highest BCUT2D eigenvalue weighted by atomic mass is 16.5. The summed E-state index contributed by atoms with van der Waals surface area (Å²) in [7, 11) is 3.07. The monoisotopic (exact) mass is 423 g/mol. The largest absolute Gasteiger partial charge is 0.494 e. The standard InChI is InChI=1S/C23H25N3O5/c1-4-30-18-8-5-16(6-9-18)19-10-12-22(26-25-19)31-14-13-24-23(27)17-7-11-20(28-2)21(15-17)29-3/h5-12,15H,4,13-14H2,1-3H3,(H,24,27). The Morgan fingerprint density at radius 1 is 0.903 bits per heavy atom. The van der Waals surface area contributed by atoms with Crippen LogP contribution >= 0.6 is 0 Å². The van der Waals surface area contributed by atoms with Crippen molar-refractivity contribution >= 4 is 5.91 Å². The van der Waals surface area contributed by atoms with E-state index in [1.807, 2.05) is 37.3 Å². The summed E-state index contributed by atoms with van der Waals surface area (Å²) < 4.78 is 21.4. The number of carbonyl (C=O) groups excluding carboxylic acids is 1. The van der Waals surface area contributed by atoms with Gasteiger partial charge in [-0.15, -0.1) is 10.2 Å². The van der Waals surface area contributed by atoms with Crippen molar-refractivity contribution in [3.8, 4) is 34.4 Å². The molecule has 0 saturated heterocycles. The molecular formula is C23H25N3O5. The van der Waals surface area contributed by atoms with Gasteiger partial charge >= 0.3 is 0 Å². The zero-order chi connectivity index (χ0) is 22.1. The Hall–Kier alpha value is -3.81. The molecule has 1 N–H and O–H groups in total.